The number of rotatable bonds is 2. The zero-order chi connectivity index (χ0) is 11.0. The highest BCUT2D eigenvalue weighted by Gasteiger charge is 2.39. The summed E-state index contributed by atoms with van der Waals surface area (Å²) < 4.78 is 13.3. The van der Waals surface area contributed by atoms with Crippen LogP contribution in [0.1, 0.15) is 13.3 Å². The van der Waals surface area contributed by atoms with Gasteiger partial charge in [-0.3, -0.25) is 4.79 Å². The van der Waals surface area contributed by atoms with Crippen LogP contribution in [0.5, 0.6) is 0 Å². The maximum absolute atomic E-state index is 13.3. The predicted molar refractivity (Wildman–Crippen MR) is 57.3 cm³/mol. The molecule has 15 heavy (non-hydrogen) atoms. The van der Waals surface area contributed by atoms with E-state index < -0.39 is 5.82 Å². The highest BCUT2D eigenvalue weighted by molar-refractivity contribution is 6.30. The predicted octanol–water partition coefficient (Wildman–Crippen LogP) is 3.07. The van der Waals surface area contributed by atoms with Gasteiger partial charge >= 0.3 is 0 Å². The van der Waals surface area contributed by atoms with Crippen molar-refractivity contribution in [3.63, 3.8) is 0 Å². The molecule has 4 heteroatoms. The number of anilines is 1. The number of carbonyl (C=O) groups is 1. The van der Waals surface area contributed by atoms with Crippen LogP contribution in [0.25, 0.3) is 0 Å². The van der Waals surface area contributed by atoms with Crippen molar-refractivity contribution in [3.05, 3.63) is 29.0 Å². The Kier molecular flexibility index (Phi) is 2.65. The highest BCUT2D eigenvalue weighted by Crippen LogP contribution is 2.38. The van der Waals surface area contributed by atoms with E-state index in [2.05, 4.69) is 5.32 Å². The number of halogens is 2. The van der Waals surface area contributed by atoms with Gasteiger partial charge in [0.15, 0.2) is 0 Å². The lowest BCUT2D eigenvalue weighted by Gasteiger charge is -2.05. The molecule has 0 radical (unpaired) electrons. The zero-order valence-corrected chi connectivity index (χ0v) is 9.01. The maximum Gasteiger partial charge on any atom is 0.227 e. The molecule has 0 spiro atoms. The minimum Gasteiger partial charge on any atom is -0.323 e. The van der Waals surface area contributed by atoms with Crippen LogP contribution in [0.2, 0.25) is 5.02 Å². The number of amides is 1. The Morgan fingerprint density at radius 1 is 1.60 bits per heavy atom. The van der Waals surface area contributed by atoms with Crippen LogP contribution in [-0.2, 0) is 4.79 Å². The number of benzene rings is 1. The summed E-state index contributed by atoms with van der Waals surface area (Å²) in [5, 5.41) is 2.88. The molecule has 2 rings (SSSR count). The zero-order valence-electron chi connectivity index (χ0n) is 8.26. The van der Waals surface area contributed by atoms with Gasteiger partial charge < -0.3 is 5.32 Å². The molecule has 1 fully saturated rings. The van der Waals surface area contributed by atoms with Crippen molar-refractivity contribution in [2.24, 2.45) is 11.8 Å². The van der Waals surface area contributed by atoms with Crippen LogP contribution in [0, 0.1) is 17.7 Å². The van der Waals surface area contributed by atoms with E-state index in [1.807, 2.05) is 6.92 Å². The minimum atomic E-state index is -0.496. The molecule has 0 unspecified atom stereocenters. The molecule has 0 saturated heterocycles. The Bertz CT molecular complexity index is 408. The third kappa shape index (κ3) is 2.29. The SMILES string of the molecule is C[C@H]1C[C@H]1C(=O)Nc1ccc(Cl)cc1F. The van der Waals surface area contributed by atoms with Gasteiger partial charge in [0.1, 0.15) is 5.82 Å². The van der Waals surface area contributed by atoms with Crippen LogP contribution >= 0.6 is 11.6 Å². The molecule has 1 aliphatic rings. The van der Waals surface area contributed by atoms with Gasteiger partial charge in [-0.15, -0.1) is 0 Å². The van der Waals surface area contributed by atoms with E-state index in [0.29, 0.717) is 10.9 Å². The van der Waals surface area contributed by atoms with Gasteiger partial charge in [0.2, 0.25) is 5.91 Å². The molecule has 1 N–H and O–H groups in total. The highest BCUT2D eigenvalue weighted by atomic mass is 35.5. The Balaban J connectivity index is 2.07. The molecule has 1 amide bonds. The largest absolute Gasteiger partial charge is 0.323 e. The van der Waals surface area contributed by atoms with Crippen molar-refractivity contribution in [2.75, 3.05) is 5.32 Å². The van der Waals surface area contributed by atoms with E-state index in [-0.39, 0.29) is 17.5 Å². The number of hydrogen-bond acceptors (Lipinski definition) is 1. The second-order valence-corrected chi connectivity index (χ2v) is 4.37. The summed E-state index contributed by atoms with van der Waals surface area (Å²) in [5.74, 6) is -0.145. The standard InChI is InChI=1S/C11H11ClFNO/c1-6-4-8(6)11(15)14-10-3-2-7(12)5-9(10)13/h2-3,5-6,8H,4H2,1H3,(H,14,15)/t6-,8+/m0/s1. The fourth-order valence-corrected chi connectivity index (χ4v) is 1.66. The summed E-state index contributed by atoms with van der Waals surface area (Å²) in [4.78, 5) is 11.5. The average molecular weight is 228 g/mol. The van der Waals surface area contributed by atoms with Crippen LogP contribution in [-0.4, -0.2) is 5.91 Å². The fraction of sp³-hybridized carbons (Fsp3) is 0.364. The summed E-state index contributed by atoms with van der Waals surface area (Å²) >= 11 is 5.60. The third-order valence-electron chi connectivity index (χ3n) is 2.64. The van der Waals surface area contributed by atoms with Gasteiger partial charge in [-0.1, -0.05) is 18.5 Å². The molecule has 0 aromatic heterocycles. The second-order valence-electron chi connectivity index (χ2n) is 3.93. The molecule has 1 aliphatic carbocycles. The summed E-state index contributed by atoms with van der Waals surface area (Å²) in [6.45, 7) is 2.00. The van der Waals surface area contributed by atoms with E-state index in [9.17, 15) is 9.18 Å². The molecule has 0 aliphatic heterocycles. The molecule has 1 aromatic rings. The van der Waals surface area contributed by atoms with Crippen molar-refractivity contribution >= 4 is 23.2 Å². The summed E-state index contributed by atoms with van der Waals surface area (Å²) in [7, 11) is 0. The minimum absolute atomic E-state index is 0.0417. The van der Waals surface area contributed by atoms with Crippen LogP contribution in [0.4, 0.5) is 10.1 Å². The lowest BCUT2D eigenvalue weighted by molar-refractivity contribution is -0.117. The van der Waals surface area contributed by atoms with Crippen molar-refractivity contribution in [3.8, 4) is 0 Å². The first-order valence-electron chi connectivity index (χ1n) is 4.84. The average Bonchev–Trinajstić information content (AvgIpc) is 2.88. The first-order chi connectivity index (χ1) is 7.08. The van der Waals surface area contributed by atoms with E-state index in [1.54, 1.807) is 6.07 Å². The Labute approximate surface area is 92.4 Å². The van der Waals surface area contributed by atoms with Gasteiger partial charge in [-0.25, -0.2) is 4.39 Å². The van der Waals surface area contributed by atoms with Gasteiger partial charge in [-0.2, -0.15) is 0 Å². The Hall–Kier alpha value is -1.09. The summed E-state index contributed by atoms with van der Waals surface area (Å²) in [5.41, 5.74) is 0.198. The lowest BCUT2D eigenvalue weighted by Crippen LogP contribution is -2.15. The van der Waals surface area contributed by atoms with E-state index in [4.69, 9.17) is 11.6 Å². The second kappa shape index (κ2) is 3.81. The summed E-state index contributed by atoms with van der Waals surface area (Å²) in [6.07, 6.45) is 0.890. The summed E-state index contributed by atoms with van der Waals surface area (Å²) in [6, 6.07) is 4.21. The smallest absolute Gasteiger partial charge is 0.227 e. The van der Waals surface area contributed by atoms with Gasteiger partial charge in [0.25, 0.3) is 0 Å². The maximum atomic E-state index is 13.3. The topological polar surface area (TPSA) is 29.1 Å². The normalized spacial score (nSPS) is 23.7. The number of nitrogens with one attached hydrogen (secondary N) is 1. The van der Waals surface area contributed by atoms with Crippen molar-refractivity contribution in [2.45, 2.75) is 13.3 Å². The molecule has 0 heterocycles. The van der Waals surface area contributed by atoms with Crippen molar-refractivity contribution in [1.29, 1.82) is 0 Å². The monoisotopic (exact) mass is 227 g/mol. The molecule has 1 aromatic carbocycles. The van der Waals surface area contributed by atoms with Crippen molar-refractivity contribution in [1.82, 2.24) is 0 Å². The van der Waals surface area contributed by atoms with Crippen LogP contribution < -0.4 is 5.32 Å². The van der Waals surface area contributed by atoms with E-state index >= 15 is 0 Å². The van der Waals surface area contributed by atoms with Crippen LogP contribution in [0.15, 0.2) is 18.2 Å². The quantitative estimate of drug-likeness (QED) is 0.827. The Morgan fingerprint density at radius 3 is 2.80 bits per heavy atom. The van der Waals surface area contributed by atoms with Crippen LogP contribution in [0.3, 0.4) is 0 Å². The first kappa shape index (κ1) is 10.4. The van der Waals surface area contributed by atoms with Gasteiger partial charge in [0, 0.05) is 10.9 Å². The fourth-order valence-electron chi connectivity index (χ4n) is 1.50. The Morgan fingerprint density at radius 2 is 2.27 bits per heavy atom. The number of carbonyl (C=O) groups excluding carboxylic acids is 1. The molecule has 0 bridgehead atoms. The molecule has 1 saturated carbocycles. The van der Waals surface area contributed by atoms with Gasteiger partial charge in [0.05, 0.1) is 5.69 Å². The molecule has 2 atom stereocenters. The molecule has 80 valence electrons. The molecule has 2 nitrogen and oxygen atoms in total. The molecular formula is C11H11ClFNO. The lowest BCUT2D eigenvalue weighted by atomic mass is 10.2. The molecular weight excluding hydrogens is 217 g/mol. The van der Waals surface area contributed by atoms with Crippen molar-refractivity contribution < 1.29 is 9.18 Å². The van der Waals surface area contributed by atoms with E-state index in [0.717, 1.165) is 6.42 Å². The first-order valence-corrected chi connectivity index (χ1v) is 5.21. The van der Waals surface area contributed by atoms with E-state index in [1.165, 1.54) is 12.1 Å². The van der Waals surface area contributed by atoms with Gasteiger partial charge in [-0.05, 0) is 30.5 Å². The third-order valence-corrected chi connectivity index (χ3v) is 2.87. The number of hydrogen-bond donors (Lipinski definition) is 1.